The lowest BCUT2D eigenvalue weighted by Crippen LogP contribution is -2.17. The fourth-order valence-corrected chi connectivity index (χ4v) is 3.66. The van der Waals surface area contributed by atoms with Crippen molar-refractivity contribution in [3.8, 4) is 0 Å². The average Bonchev–Trinajstić information content (AvgIpc) is 2.67. The monoisotopic (exact) mass is 278 g/mol. The van der Waals surface area contributed by atoms with Crippen LogP contribution in [0, 0.1) is 13.8 Å². The van der Waals surface area contributed by atoms with Crippen LogP contribution in [0.25, 0.3) is 0 Å². The Kier molecular flexibility index (Phi) is 4.43. The summed E-state index contributed by atoms with van der Waals surface area (Å²) in [5.41, 5.74) is 9.52. The third-order valence-electron chi connectivity index (χ3n) is 2.59. The molecule has 0 spiro atoms. The number of aromatic nitrogens is 1. The van der Waals surface area contributed by atoms with Crippen molar-refractivity contribution in [3.63, 3.8) is 0 Å². The van der Waals surface area contributed by atoms with Crippen LogP contribution in [0.15, 0.2) is 32.8 Å². The molecule has 0 radical (unpaired) electrons. The van der Waals surface area contributed by atoms with Gasteiger partial charge in [0.1, 0.15) is 0 Å². The molecular formula is C14H18N2S2. The van der Waals surface area contributed by atoms with Gasteiger partial charge < -0.3 is 5.73 Å². The third-order valence-corrected chi connectivity index (χ3v) is 4.83. The smallest absolute Gasteiger partial charge is 0.154 e. The summed E-state index contributed by atoms with van der Waals surface area (Å²) >= 11 is 3.44. The highest BCUT2D eigenvalue weighted by Gasteiger charge is 2.06. The predicted octanol–water partition coefficient (Wildman–Crippen LogP) is 3.80. The normalized spacial score (nSPS) is 12.7. The van der Waals surface area contributed by atoms with E-state index < -0.39 is 0 Å². The Morgan fingerprint density at radius 1 is 1.39 bits per heavy atom. The summed E-state index contributed by atoms with van der Waals surface area (Å²) in [6.07, 6.45) is 0.933. The van der Waals surface area contributed by atoms with Crippen LogP contribution in [0.1, 0.15) is 23.7 Å². The number of benzene rings is 1. The Labute approximate surface area is 117 Å². The van der Waals surface area contributed by atoms with Gasteiger partial charge in [0, 0.05) is 22.0 Å². The number of nitrogens with zero attached hydrogens (tertiary/aromatic N) is 1. The zero-order chi connectivity index (χ0) is 13.1. The molecule has 96 valence electrons. The standard InChI is InChI=1S/C14H18N2S2/c1-9-6-12(7-10(2)15)4-5-13(9)18-14-16-11(3)8-17-14/h4-6,8,10H,7,15H2,1-3H3. The van der Waals surface area contributed by atoms with E-state index >= 15 is 0 Å². The number of aryl methyl sites for hydroxylation is 2. The Morgan fingerprint density at radius 2 is 2.17 bits per heavy atom. The Morgan fingerprint density at radius 3 is 2.72 bits per heavy atom. The van der Waals surface area contributed by atoms with E-state index in [1.807, 2.05) is 13.8 Å². The second kappa shape index (κ2) is 5.87. The Balaban J connectivity index is 2.14. The van der Waals surface area contributed by atoms with E-state index in [0.29, 0.717) is 0 Å². The molecule has 2 aromatic rings. The molecule has 2 rings (SSSR count). The first-order valence-electron chi connectivity index (χ1n) is 5.99. The van der Waals surface area contributed by atoms with E-state index in [9.17, 15) is 0 Å². The number of hydrogen-bond acceptors (Lipinski definition) is 4. The third kappa shape index (κ3) is 3.57. The zero-order valence-electron chi connectivity index (χ0n) is 10.9. The summed E-state index contributed by atoms with van der Waals surface area (Å²) < 4.78 is 1.11. The molecule has 0 fully saturated rings. The van der Waals surface area contributed by atoms with Gasteiger partial charge in [-0.2, -0.15) is 0 Å². The Bertz CT molecular complexity index is 532. The van der Waals surface area contributed by atoms with Gasteiger partial charge in [0.2, 0.25) is 0 Å². The van der Waals surface area contributed by atoms with Gasteiger partial charge in [-0.15, -0.1) is 11.3 Å². The summed E-state index contributed by atoms with van der Waals surface area (Å²) in [5, 5.41) is 2.09. The van der Waals surface area contributed by atoms with Crippen LogP contribution in [0.3, 0.4) is 0 Å². The van der Waals surface area contributed by atoms with Crippen LogP contribution in [-0.4, -0.2) is 11.0 Å². The summed E-state index contributed by atoms with van der Waals surface area (Å²) in [6.45, 7) is 6.21. The molecule has 2 N–H and O–H groups in total. The molecule has 0 bridgehead atoms. The van der Waals surface area contributed by atoms with Crippen molar-refractivity contribution >= 4 is 23.1 Å². The molecule has 0 saturated heterocycles. The topological polar surface area (TPSA) is 38.9 Å². The maximum atomic E-state index is 5.83. The van der Waals surface area contributed by atoms with Crippen molar-refractivity contribution in [2.75, 3.05) is 0 Å². The van der Waals surface area contributed by atoms with Crippen LogP contribution in [0.2, 0.25) is 0 Å². The molecule has 1 unspecified atom stereocenters. The first kappa shape index (κ1) is 13.6. The number of rotatable bonds is 4. The van der Waals surface area contributed by atoms with Crippen molar-refractivity contribution in [1.82, 2.24) is 4.98 Å². The lowest BCUT2D eigenvalue weighted by molar-refractivity contribution is 0.737. The molecule has 0 aliphatic heterocycles. The van der Waals surface area contributed by atoms with Crippen molar-refractivity contribution in [3.05, 3.63) is 40.4 Å². The molecule has 18 heavy (non-hydrogen) atoms. The van der Waals surface area contributed by atoms with Crippen LogP contribution in [0.4, 0.5) is 0 Å². The highest BCUT2D eigenvalue weighted by atomic mass is 32.2. The van der Waals surface area contributed by atoms with Crippen molar-refractivity contribution in [2.24, 2.45) is 5.73 Å². The first-order chi connectivity index (χ1) is 8.54. The highest BCUT2D eigenvalue weighted by molar-refractivity contribution is 8.01. The SMILES string of the molecule is Cc1csc(Sc2ccc(CC(C)N)cc2C)n1. The molecule has 0 aliphatic carbocycles. The number of hydrogen-bond donors (Lipinski definition) is 1. The zero-order valence-corrected chi connectivity index (χ0v) is 12.6. The summed E-state index contributed by atoms with van der Waals surface area (Å²) in [4.78, 5) is 5.76. The highest BCUT2D eigenvalue weighted by Crippen LogP contribution is 2.32. The lowest BCUT2D eigenvalue weighted by atomic mass is 10.1. The minimum Gasteiger partial charge on any atom is -0.328 e. The molecular weight excluding hydrogens is 260 g/mol. The van der Waals surface area contributed by atoms with Crippen LogP contribution in [-0.2, 0) is 6.42 Å². The summed E-state index contributed by atoms with van der Waals surface area (Å²) in [7, 11) is 0. The number of nitrogens with two attached hydrogens (primary N) is 1. The van der Waals surface area contributed by atoms with Gasteiger partial charge >= 0.3 is 0 Å². The first-order valence-corrected chi connectivity index (χ1v) is 7.69. The van der Waals surface area contributed by atoms with Crippen LogP contribution >= 0.6 is 23.1 Å². The van der Waals surface area contributed by atoms with Crippen LogP contribution < -0.4 is 5.73 Å². The molecule has 0 amide bonds. The van der Waals surface area contributed by atoms with Crippen molar-refractivity contribution < 1.29 is 0 Å². The van der Waals surface area contributed by atoms with Gasteiger partial charge in [-0.3, -0.25) is 0 Å². The molecule has 0 aliphatic rings. The molecule has 1 atom stereocenters. The van der Waals surface area contributed by atoms with E-state index in [0.717, 1.165) is 16.5 Å². The molecule has 0 saturated carbocycles. The molecule has 4 heteroatoms. The fourth-order valence-electron chi connectivity index (χ4n) is 1.80. The average molecular weight is 278 g/mol. The second-order valence-corrected chi connectivity index (χ2v) is 6.79. The minimum absolute atomic E-state index is 0.213. The summed E-state index contributed by atoms with van der Waals surface area (Å²) in [5.74, 6) is 0. The second-order valence-electron chi connectivity index (χ2n) is 4.64. The predicted molar refractivity (Wildman–Crippen MR) is 79.5 cm³/mol. The van der Waals surface area contributed by atoms with Gasteiger partial charge in [0.05, 0.1) is 0 Å². The van der Waals surface area contributed by atoms with Gasteiger partial charge in [0.25, 0.3) is 0 Å². The van der Waals surface area contributed by atoms with Gasteiger partial charge in [-0.1, -0.05) is 23.9 Å². The van der Waals surface area contributed by atoms with Gasteiger partial charge in [-0.25, -0.2) is 4.98 Å². The van der Waals surface area contributed by atoms with Crippen LogP contribution in [0.5, 0.6) is 0 Å². The fraction of sp³-hybridized carbons (Fsp3) is 0.357. The molecule has 2 nitrogen and oxygen atoms in total. The largest absolute Gasteiger partial charge is 0.328 e. The van der Waals surface area contributed by atoms with Crippen molar-refractivity contribution in [2.45, 2.75) is 42.5 Å². The van der Waals surface area contributed by atoms with E-state index in [2.05, 4.69) is 35.5 Å². The quantitative estimate of drug-likeness (QED) is 0.924. The lowest BCUT2D eigenvalue weighted by Gasteiger charge is -2.09. The molecule has 1 heterocycles. The molecule has 1 aromatic carbocycles. The maximum absolute atomic E-state index is 5.83. The maximum Gasteiger partial charge on any atom is 0.154 e. The Hall–Kier alpha value is -0.840. The molecule has 1 aromatic heterocycles. The van der Waals surface area contributed by atoms with E-state index in [1.54, 1.807) is 23.1 Å². The minimum atomic E-state index is 0.213. The van der Waals surface area contributed by atoms with E-state index in [-0.39, 0.29) is 6.04 Å². The van der Waals surface area contributed by atoms with E-state index in [4.69, 9.17) is 5.73 Å². The summed E-state index contributed by atoms with van der Waals surface area (Å²) in [6, 6.07) is 6.78. The van der Waals surface area contributed by atoms with Crippen molar-refractivity contribution in [1.29, 1.82) is 0 Å². The number of thiazole rings is 1. The van der Waals surface area contributed by atoms with E-state index in [1.165, 1.54) is 16.0 Å². The van der Waals surface area contributed by atoms with Gasteiger partial charge in [-0.05, 0) is 44.4 Å². The van der Waals surface area contributed by atoms with Gasteiger partial charge in [0.15, 0.2) is 4.34 Å².